The summed E-state index contributed by atoms with van der Waals surface area (Å²) in [6.07, 6.45) is -0.246. The van der Waals surface area contributed by atoms with E-state index >= 15 is 0 Å². The molecule has 0 fully saturated rings. The first-order valence-electron chi connectivity index (χ1n) is 4.24. The molecule has 0 heterocycles. The van der Waals surface area contributed by atoms with Crippen molar-refractivity contribution in [2.45, 2.75) is 13.3 Å². The van der Waals surface area contributed by atoms with Crippen molar-refractivity contribution in [1.29, 1.82) is 0 Å². The Labute approximate surface area is 95.6 Å². The zero-order valence-corrected chi connectivity index (χ0v) is 9.96. The fourth-order valence-electron chi connectivity index (χ4n) is 1.29. The van der Waals surface area contributed by atoms with Crippen molar-refractivity contribution in [2.24, 2.45) is 0 Å². The Bertz CT molecular complexity index is 401. The largest absolute Gasteiger partial charge is 0.504 e. The normalized spacial score (nSPS) is 10.1. The molecular weight excluding hydrogens is 264 g/mol. The van der Waals surface area contributed by atoms with E-state index in [0.29, 0.717) is 10.0 Å². The lowest BCUT2D eigenvalue weighted by Gasteiger charge is -2.12. The van der Waals surface area contributed by atoms with Crippen LogP contribution in [0.2, 0.25) is 0 Å². The van der Waals surface area contributed by atoms with E-state index in [0.717, 1.165) is 5.56 Å². The van der Waals surface area contributed by atoms with E-state index in [1.165, 1.54) is 7.11 Å². The first kappa shape index (κ1) is 11.8. The van der Waals surface area contributed by atoms with E-state index in [4.69, 9.17) is 9.84 Å². The number of ether oxygens (including phenoxy) is 1. The minimum absolute atomic E-state index is 0.127. The lowest BCUT2D eigenvalue weighted by atomic mass is 10.1. The molecule has 1 aromatic rings. The van der Waals surface area contributed by atoms with Crippen LogP contribution in [0.3, 0.4) is 0 Å². The first-order chi connectivity index (χ1) is 6.97. The number of halogens is 1. The minimum Gasteiger partial charge on any atom is -0.504 e. The number of carbonyl (C=O) groups is 1. The number of carboxylic acid groups (broad SMARTS) is 1. The fourth-order valence-corrected chi connectivity index (χ4v) is 1.73. The Kier molecular flexibility index (Phi) is 3.57. The maximum Gasteiger partial charge on any atom is 0.308 e. The van der Waals surface area contributed by atoms with E-state index < -0.39 is 5.97 Å². The van der Waals surface area contributed by atoms with Crippen LogP contribution in [0, 0.1) is 6.92 Å². The van der Waals surface area contributed by atoms with E-state index in [-0.39, 0.29) is 17.9 Å². The molecule has 15 heavy (non-hydrogen) atoms. The topological polar surface area (TPSA) is 66.8 Å². The molecule has 0 aliphatic heterocycles. The van der Waals surface area contributed by atoms with E-state index in [1.807, 2.05) is 0 Å². The van der Waals surface area contributed by atoms with E-state index in [9.17, 15) is 9.90 Å². The molecule has 1 rings (SSSR count). The predicted molar refractivity (Wildman–Crippen MR) is 58.4 cm³/mol. The fraction of sp³-hybridized carbons (Fsp3) is 0.300. The van der Waals surface area contributed by atoms with Gasteiger partial charge in [0.1, 0.15) is 0 Å². The second-order valence-corrected chi connectivity index (χ2v) is 3.90. The van der Waals surface area contributed by atoms with Gasteiger partial charge >= 0.3 is 5.97 Å². The number of rotatable bonds is 3. The highest BCUT2D eigenvalue weighted by atomic mass is 79.9. The quantitative estimate of drug-likeness (QED) is 0.886. The van der Waals surface area contributed by atoms with Gasteiger partial charge in [-0.1, -0.05) is 15.9 Å². The zero-order valence-electron chi connectivity index (χ0n) is 8.37. The number of phenolic OH excluding ortho intramolecular Hbond substituents is 1. The Morgan fingerprint density at radius 2 is 2.20 bits per heavy atom. The van der Waals surface area contributed by atoms with Crippen molar-refractivity contribution in [3.8, 4) is 11.5 Å². The summed E-state index contributed by atoms with van der Waals surface area (Å²) in [5, 5.41) is 18.4. The molecule has 0 aliphatic carbocycles. The summed E-state index contributed by atoms with van der Waals surface area (Å²) in [7, 11) is 1.42. The van der Waals surface area contributed by atoms with Crippen molar-refractivity contribution in [2.75, 3.05) is 7.11 Å². The van der Waals surface area contributed by atoms with E-state index in [2.05, 4.69) is 15.9 Å². The van der Waals surface area contributed by atoms with Gasteiger partial charge in [-0.3, -0.25) is 4.79 Å². The molecule has 0 aromatic heterocycles. The van der Waals surface area contributed by atoms with E-state index in [1.54, 1.807) is 13.0 Å². The summed E-state index contributed by atoms with van der Waals surface area (Å²) >= 11 is 3.24. The first-order valence-corrected chi connectivity index (χ1v) is 5.03. The van der Waals surface area contributed by atoms with Crippen LogP contribution >= 0.6 is 15.9 Å². The number of aliphatic carboxylic acids is 1. The number of carboxylic acids is 1. The van der Waals surface area contributed by atoms with Crippen molar-refractivity contribution < 1.29 is 19.7 Å². The number of hydrogen-bond donors (Lipinski definition) is 2. The molecule has 4 nitrogen and oxygen atoms in total. The second kappa shape index (κ2) is 4.53. The number of aryl methyl sites for hydroxylation is 1. The van der Waals surface area contributed by atoms with Crippen LogP contribution in [-0.2, 0) is 11.2 Å². The standard InChI is InChI=1S/C10H11BrO4/c1-5-3-7(15-2)10(14)6(9(5)11)4-8(12)13/h3,14H,4H2,1-2H3,(H,12,13). The van der Waals surface area contributed by atoms with Crippen LogP contribution in [0.25, 0.3) is 0 Å². The number of hydrogen-bond acceptors (Lipinski definition) is 3. The van der Waals surface area contributed by atoms with Gasteiger partial charge in [0.25, 0.3) is 0 Å². The van der Waals surface area contributed by atoms with Gasteiger partial charge < -0.3 is 14.9 Å². The Balaban J connectivity index is 3.33. The molecule has 0 aliphatic rings. The number of aromatic hydroxyl groups is 1. The van der Waals surface area contributed by atoms with Crippen LogP contribution in [0.15, 0.2) is 10.5 Å². The van der Waals surface area contributed by atoms with Crippen molar-refractivity contribution in [3.05, 3.63) is 21.7 Å². The lowest BCUT2D eigenvalue weighted by molar-refractivity contribution is -0.136. The molecule has 0 saturated heterocycles. The van der Waals surface area contributed by atoms with Gasteiger partial charge in [0.05, 0.1) is 13.5 Å². The Hall–Kier alpha value is -1.23. The molecule has 82 valence electrons. The van der Waals surface area contributed by atoms with Gasteiger partial charge in [-0.15, -0.1) is 0 Å². The number of methoxy groups -OCH3 is 1. The van der Waals surface area contributed by atoms with Gasteiger partial charge in [0, 0.05) is 10.0 Å². The monoisotopic (exact) mass is 274 g/mol. The highest BCUT2D eigenvalue weighted by molar-refractivity contribution is 9.10. The van der Waals surface area contributed by atoms with Crippen molar-refractivity contribution in [1.82, 2.24) is 0 Å². The van der Waals surface area contributed by atoms with Crippen molar-refractivity contribution >= 4 is 21.9 Å². The molecular formula is C10H11BrO4. The summed E-state index contributed by atoms with van der Waals surface area (Å²) < 4.78 is 5.54. The number of benzene rings is 1. The van der Waals surface area contributed by atoms with Crippen LogP contribution < -0.4 is 4.74 Å². The van der Waals surface area contributed by atoms with Gasteiger partial charge in [-0.05, 0) is 18.6 Å². The summed E-state index contributed by atoms with van der Waals surface area (Å²) in [6.45, 7) is 1.80. The van der Waals surface area contributed by atoms with Crippen LogP contribution in [-0.4, -0.2) is 23.3 Å². The third-order valence-electron chi connectivity index (χ3n) is 2.03. The van der Waals surface area contributed by atoms with Crippen LogP contribution in [0.4, 0.5) is 0 Å². The molecule has 0 bridgehead atoms. The SMILES string of the molecule is COc1cc(C)c(Br)c(CC(=O)O)c1O. The van der Waals surface area contributed by atoms with Gasteiger partial charge in [0.2, 0.25) is 0 Å². The average molecular weight is 275 g/mol. The predicted octanol–water partition coefficient (Wildman–Crippen LogP) is 2.10. The molecule has 2 N–H and O–H groups in total. The maximum atomic E-state index is 10.6. The Morgan fingerprint density at radius 1 is 1.60 bits per heavy atom. The third-order valence-corrected chi connectivity index (χ3v) is 3.13. The second-order valence-electron chi connectivity index (χ2n) is 3.11. The molecule has 1 aromatic carbocycles. The molecule has 0 amide bonds. The average Bonchev–Trinajstić information content (AvgIpc) is 2.18. The molecule has 0 radical (unpaired) electrons. The smallest absolute Gasteiger partial charge is 0.308 e. The molecule has 0 atom stereocenters. The highest BCUT2D eigenvalue weighted by Crippen LogP contribution is 2.37. The summed E-state index contributed by atoms with van der Waals surface area (Å²) in [5.41, 5.74) is 1.15. The maximum absolute atomic E-state index is 10.6. The molecule has 0 spiro atoms. The van der Waals surface area contributed by atoms with Gasteiger partial charge in [-0.2, -0.15) is 0 Å². The van der Waals surface area contributed by atoms with Crippen molar-refractivity contribution in [3.63, 3.8) is 0 Å². The Morgan fingerprint density at radius 3 is 2.67 bits per heavy atom. The third kappa shape index (κ3) is 2.41. The molecule has 0 unspecified atom stereocenters. The summed E-state index contributed by atoms with van der Waals surface area (Å²) in [4.78, 5) is 10.6. The molecule has 5 heteroatoms. The lowest BCUT2D eigenvalue weighted by Crippen LogP contribution is -2.03. The molecule has 0 saturated carbocycles. The zero-order chi connectivity index (χ0) is 11.6. The van der Waals surface area contributed by atoms with Crippen LogP contribution in [0.1, 0.15) is 11.1 Å². The number of phenols is 1. The summed E-state index contributed by atoms with van der Waals surface area (Å²) in [6, 6.07) is 1.64. The highest BCUT2D eigenvalue weighted by Gasteiger charge is 2.16. The van der Waals surface area contributed by atoms with Gasteiger partial charge in [0.15, 0.2) is 11.5 Å². The minimum atomic E-state index is -1.00. The van der Waals surface area contributed by atoms with Crippen LogP contribution in [0.5, 0.6) is 11.5 Å². The van der Waals surface area contributed by atoms with Gasteiger partial charge in [-0.25, -0.2) is 0 Å². The summed E-state index contributed by atoms with van der Waals surface area (Å²) in [5.74, 6) is -0.844.